The van der Waals surface area contributed by atoms with E-state index in [2.05, 4.69) is 0 Å². The molecule has 0 aromatic heterocycles. The van der Waals surface area contributed by atoms with Gasteiger partial charge in [-0.2, -0.15) is 0 Å². The molecule has 86 valence electrons. The highest BCUT2D eigenvalue weighted by Crippen LogP contribution is 2.32. The van der Waals surface area contributed by atoms with E-state index in [4.69, 9.17) is 9.84 Å². The topological polar surface area (TPSA) is 83.8 Å². The number of rotatable bonds is 4. The van der Waals surface area contributed by atoms with Gasteiger partial charge in [0.15, 0.2) is 11.5 Å². The molecule has 0 unspecified atom stereocenters. The number of Topliss-reactive ketones (excluding diaryl/α,β-unsaturated/α-hetero) is 1. The lowest BCUT2D eigenvalue weighted by atomic mass is 10.1. The van der Waals surface area contributed by atoms with Crippen LogP contribution in [0.1, 0.15) is 5.56 Å². The minimum atomic E-state index is -1.47. The largest absolute Gasteiger partial charge is 0.504 e. The van der Waals surface area contributed by atoms with Crippen molar-refractivity contribution in [3.8, 4) is 11.5 Å². The highest BCUT2D eigenvalue weighted by atomic mass is 127. The average Bonchev–Trinajstić information content (AvgIpc) is 2.22. The minimum absolute atomic E-state index is 0.0189. The van der Waals surface area contributed by atoms with Crippen molar-refractivity contribution in [2.24, 2.45) is 0 Å². The number of aliphatic carboxylic acids is 1. The van der Waals surface area contributed by atoms with E-state index >= 15 is 0 Å². The number of carboxylic acids is 1. The lowest BCUT2D eigenvalue weighted by molar-refractivity contribution is -0.148. The van der Waals surface area contributed by atoms with E-state index in [9.17, 15) is 14.7 Å². The fourth-order valence-corrected chi connectivity index (χ4v) is 1.81. The van der Waals surface area contributed by atoms with Crippen molar-refractivity contribution in [3.05, 3.63) is 21.3 Å². The van der Waals surface area contributed by atoms with Crippen LogP contribution in [0.5, 0.6) is 11.5 Å². The van der Waals surface area contributed by atoms with Gasteiger partial charge in [-0.05, 0) is 40.3 Å². The molecular formula is C10H9IO5. The number of hydrogen-bond acceptors (Lipinski definition) is 4. The fourth-order valence-electron chi connectivity index (χ4n) is 1.15. The van der Waals surface area contributed by atoms with Gasteiger partial charge in [0, 0.05) is 6.42 Å². The molecule has 0 saturated heterocycles. The normalized spacial score (nSPS) is 9.88. The molecule has 0 aliphatic carbocycles. The second kappa shape index (κ2) is 5.15. The molecule has 0 atom stereocenters. The molecule has 0 saturated carbocycles. The predicted molar refractivity (Wildman–Crippen MR) is 63.7 cm³/mol. The van der Waals surface area contributed by atoms with E-state index in [1.165, 1.54) is 13.2 Å². The number of halogens is 1. The molecule has 0 aliphatic rings. The Bertz CT molecular complexity index is 441. The van der Waals surface area contributed by atoms with Gasteiger partial charge in [-0.25, -0.2) is 4.79 Å². The third-order valence-corrected chi connectivity index (χ3v) is 2.73. The molecule has 6 heteroatoms. The Morgan fingerprint density at radius 3 is 2.56 bits per heavy atom. The van der Waals surface area contributed by atoms with Crippen molar-refractivity contribution in [2.45, 2.75) is 6.42 Å². The molecular weight excluding hydrogens is 327 g/mol. The third kappa shape index (κ3) is 2.84. The number of carboxylic acid groups (broad SMARTS) is 1. The first-order valence-corrected chi connectivity index (χ1v) is 5.35. The van der Waals surface area contributed by atoms with E-state index in [0.29, 0.717) is 9.13 Å². The molecule has 0 radical (unpaired) electrons. The molecule has 5 nitrogen and oxygen atoms in total. The van der Waals surface area contributed by atoms with E-state index in [1.807, 2.05) is 22.6 Å². The Hall–Kier alpha value is -1.31. The SMILES string of the molecule is COc1cc(CC(=O)C(=O)O)cc(I)c1O. The summed E-state index contributed by atoms with van der Waals surface area (Å²) < 4.78 is 5.40. The number of carbonyl (C=O) groups is 2. The lowest BCUT2D eigenvalue weighted by Crippen LogP contribution is -2.15. The van der Waals surface area contributed by atoms with Crippen LogP contribution in [0.4, 0.5) is 0 Å². The van der Waals surface area contributed by atoms with Crippen LogP contribution in [0.15, 0.2) is 12.1 Å². The maximum absolute atomic E-state index is 11.0. The van der Waals surface area contributed by atoms with Crippen LogP contribution in [-0.4, -0.2) is 29.1 Å². The number of phenols is 1. The standard InChI is InChI=1S/C10H9IO5/c1-16-8-4-5(2-6(11)9(8)13)3-7(12)10(14)15/h2,4,13H,3H2,1H3,(H,14,15). The molecule has 1 aromatic rings. The van der Waals surface area contributed by atoms with Gasteiger partial charge in [0.2, 0.25) is 5.78 Å². The number of hydrogen-bond donors (Lipinski definition) is 2. The molecule has 1 rings (SSSR count). The number of aromatic hydroxyl groups is 1. The smallest absolute Gasteiger partial charge is 0.372 e. The number of ether oxygens (including phenoxy) is 1. The second-order valence-electron chi connectivity index (χ2n) is 3.03. The first-order valence-electron chi connectivity index (χ1n) is 4.27. The summed E-state index contributed by atoms with van der Waals surface area (Å²) in [7, 11) is 1.38. The van der Waals surface area contributed by atoms with Gasteiger partial charge in [-0.1, -0.05) is 0 Å². The maximum Gasteiger partial charge on any atom is 0.372 e. The van der Waals surface area contributed by atoms with Crippen LogP contribution < -0.4 is 4.74 Å². The molecule has 1 aromatic carbocycles. The predicted octanol–water partition coefficient (Wildman–Crippen LogP) is 1.20. The quantitative estimate of drug-likeness (QED) is 0.638. The maximum atomic E-state index is 11.0. The minimum Gasteiger partial charge on any atom is -0.504 e. The lowest BCUT2D eigenvalue weighted by Gasteiger charge is -2.07. The third-order valence-electron chi connectivity index (χ3n) is 1.91. The molecule has 0 aliphatic heterocycles. The van der Waals surface area contributed by atoms with Gasteiger partial charge in [0.1, 0.15) is 0 Å². The van der Waals surface area contributed by atoms with Gasteiger partial charge >= 0.3 is 5.97 Å². The summed E-state index contributed by atoms with van der Waals surface area (Å²) in [5.74, 6) is -2.17. The van der Waals surface area contributed by atoms with E-state index in [-0.39, 0.29) is 17.9 Å². The summed E-state index contributed by atoms with van der Waals surface area (Å²) >= 11 is 1.87. The van der Waals surface area contributed by atoms with E-state index in [1.54, 1.807) is 6.07 Å². The summed E-state index contributed by atoms with van der Waals surface area (Å²) in [6.45, 7) is 0. The van der Waals surface area contributed by atoms with E-state index < -0.39 is 11.8 Å². The zero-order valence-corrected chi connectivity index (χ0v) is 10.5. The number of benzene rings is 1. The Kier molecular flexibility index (Phi) is 4.11. The first kappa shape index (κ1) is 12.8. The Morgan fingerprint density at radius 2 is 2.06 bits per heavy atom. The van der Waals surface area contributed by atoms with Crippen molar-refractivity contribution in [1.29, 1.82) is 0 Å². The van der Waals surface area contributed by atoms with Crippen molar-refractivity contribution in [3.63, 3.8) is 0 Å². The van der Waals surface area contributed by atoms with Crippen molar-refractivity contribution >= 4 is 34.3 Å². The summed E-state index contributed by atoms with van der Waals surface area (Å²) in [4.78, 5) is 21.4. The number of methoxy groups -OCH3 is 1. The Labute approximate surface area is 105 Å². The Morgan fingerprint density at radius 1 is 1.44 bits per heavy atom. The zero-order chi connectivity index (χ0) is 12.3. The molecule has 0 heterocycles. The van der Waals surface area contributed by atoms with Gasteiger partial charge in [0.05, 0.1) is 10.7 Å². The van der Waals surface area contributed by atoms with Crippen molar-refractivity contribution < 1.29 is 24.5 Å². The zero-order valence-electron chi connectivity index (χ0n) is 8.36. The van der Waals surface area contributed by atoms with Gasteiger partial charge in [-0.15, -0.1) is 0 Å². The summed E-state index contributed by atoms with van der Waals surface area (Å²) in [6, 6.07) is 2.98. The first-order chi connectivity index (χ1) is 7.45. The number of phenolic OH excluding ortho intramolecular Hbond substituents is 1. The molecule has 0 amide bonds. The summed E-state index contributed by atoms with van der Waals surface area (Å²) in [5, 5.41) is 18.0. The Balaban J connectivity index is 3.03. The summed E-state index contributed by atoms with van der Waals surface area (Å²) in [6.07, 6.45) is -0.220. The van der Waals surface area contributed by atoms with Crippen LogP contribution in [0.25, 0.3) is 0 Å². The molecule has 0 fully saturated rings. The highest BCUT2D eigenvalue weighted by molar-refractivity contribution is 14.1. The van der Waals surface area contributed by atoms with Gasteiger partial charge < -0.3 is 14.9 Å². The number of carbonyl (C=O) groups excluding carboxylic acids is 1. The summed E-state index contributed by atoms with van der Waals surface area (Å²) in [5.41, 5.74) is 0.492. The second-order valence-corrected chi connectivity index (χ2v) is 4.20. The van der Waals surface area contributed by atoms with Gasteiger partial charge in [-0.3, -0.25) is 4.79 Å². The van der Waals surface area contributed by atoms with Crippen LogP contribution >= 0.6 is 22.6 Å². The van der Waals surface area contributed by atoms with Crippen molar-refractivity contribution in [2.75, 3.05) is 7.11 Å². The fraction of sp³-hybridized carbons (Fsp3) is 0.200. The van der Waals surface area contributed by atoms with Crippen molar-refractivity contribution in [1.82, 2.24) is 0 Å². The molecule has 2 N–H and O–H groups in total. The monoisotopic (exact) mass is 336 g/mol. The molecule has 0 bridgehead atoms. The molecule has 16 heavy (non-hydrogen) atoms. The van der Waals surface area contributed by atoms with Gasteiger partial charge in [0.25, 0.3) is 0 Å². The number of ketones is 1. The van der Waals surface area contributed by atoms with Crippen LogP contribution in [-0.2, 0) is 16.0 Å². The van der Waals surface area contributed by atoms with Crippen LogP contribution in [0.2, 0.25) is 0 Å². The molecule has 0 spiro atoms. The van der Waals surface area contributed by atoms with E-state index in [0.717, 1.165) is 0 Å². The highest BCUT2D eigenvalue weighted by Gasteiger charge is 2.15. The van der Waals surface area contributed by atoms with Crippen LogP contribution in [0.3, 0.4) is 0 Å². The average molecular weight is 336 g/mol. The van der Waals surface area contributed by atoms with Crippen LogP contribution in [0, 0.1) is 3.57 Å².